The molecule has 1 saturated heterocycles. The molecule has 2 aliphatic rings. The van der Waals surface area contributed by atoms with Gasteiger partial charge in [0.05, 0.1) is 11.6 Å². The Kier molecular flexibility index (Phi) is 5.19. The zero-order chi connectivity index (χ0) is 14.9. The van der Waals surface area contributed by atoms with Crippen molar-refractivity contribution in [1.29, 1.82) is 0 Å². The molecule has 6 heteroatoms. The van der Waals surface area contributed by atoms with Crippen LogP contribution in [-0.2, 0) is 4.79 Å². The van der Waals surface area contributed by atoms with Gasteiger partial charge in [0, 0.05) is 0 Å². The number of piperidine rings is 1. The molecule has 2 unspecified atom stereocenters. The van der Waals surface area contributed by atoms with Gasteiger partial charge in [0.15, 0.2) is 11.5 Å². The third-order valence-electron chi connectivity index (χ3n) is 4.36. The maximum Gasteiger partial charge on any atom is 0.240 e. The zero-order valence-corrected chi connectivity index (χ0v) is 13.8. The van der Waals surface area contributed by atoms with E-state index in [2.05, 4.69) is 10.6 Å². The minimum Gasteiger partial charge on any atom is -0.454 e. The molecule has 0 aromatic heterocycles. The molecule has 0 aliphatic carbocycles. The van der Waals surface area contributed by atoms with Crippen LogP contribution in [0.1, 0.15) is 44.7 Å². The number of amides is 1. The molecule has 0 radical (unpaired) electrons. The number of rotatable bonds is 3. The fourth-order valence-electron chi connectivity index (χ4n) is 2.87. The van der Waals surface area contributed by atoms with Crippen molar-refractivity contribution in [2.24, 2.45) is 0 Å². The van der Waals surface area contributed by atoms with E-state index in [9.17, 15) is 4.79 Å². The molecule has 2 atom stereocenters. The maximum atomic E-state index is 12.5. The second-order valence-corrected chi connectivity index (χ2v) is 6.02. The van der Waals surface area contributed by atoms with Gasteiger partial charge in [-0.25, -0.2) is 0 Å². The van der Waals surface area contributed by atoms with Crippen LogP contribution in [0.15, 0.2) is 18.2 Å². The fraction of sp³-hybridized carbons (Fsp3) is 0.562. The molecule has 1 fully saturated rings. The molecule has 0 spiro atoms. The minimum absolute atomic E-state index is 0. The Bertz CT molecular complexity index is 544. The number of fused-ring (bicyclic) bond motifs is 1. The van der Waals surface area contributed by atoms with Crippen LogP contribution in [0, 0.1) is 0 Å². The lowest BCUT2D eigenvalue weighted by molar-refractivity contribution is -0.128. The Morgan fingerprint density at radius 2 is 2.09 bits per heavy atom. The van der Waals surface area contributed by atoms with Crippen molar-refractivity contribution < 1.29 is 14.3 Å². The van der Waals surface area contributed by atoms with E-state index >= 15 is 0 Å². The van der Waals surface area contributed by atoms with Gasteiger partial charge in [-0.05, 0) is 57.4 Å². The van der Waals surface area contributed by atoms with E-state index in [1.165, 1.54) is 0 Å². The number of benzene rings is 1. The summed E-state index contributed by atoms with van der Waals surface area (Å²) in [5, 5.41) is 6.44. The topological polar surface area (TPSA) is 59.6 Å². The fourth-order valence-corrected chi connectivity index (χ4v) is 2.87. The van der Waals surface area contributed by atoms with Crippen molar-refractivity contribution >= 4 is 18.3 Å². The molecule has 1 amide bonds. The van der Waals surface area contributed by atoms with Crippen LogP contribution in [0.2, 0.25) is 0 Å². The van der Waals surface area contributed by atoms with E-state index in [0.717, 1.165) is 42.9 Å². The number of ether oxygens (including phenoxy) is 2. The van der Waals surface area contributed by atoms with Gasteiger partial charge in [-0.2, -0.15) is 0 Å². The number of hydrogen-bond donors (Lipinski definition) is 2. The maximum absolute atomic E-state index is 12.5. The van der Waals surface area contributed by atoms with E-state index in [0.29, 0.717) is 0 Å². The molecular formula is C16H23ClN2O3. The van der Waals surface area contributed by atoms with Gasteiger partial charge < -0.3 is 20.1 Å². The van der Waals surface area contributed by atoms with E-state index < -0.39 is 5.54 Å². The van der Waals surface area contributed by atoms with Crippen LogP contribution >= 0.6 is 12.4 Å². The highest BCUT2D eigenvalue weighted by atomic mass is 35.5. The molecule has 2 aliphatic heterocycles. The average Bonchev–Trinajstić information content (AvgIpc) is 2.95. The van der Waals surface area contributed by atoms with Gasteiger partial charge in [-0.15, -0.1) is 12.4 Å². The molecule has 5 nitrogen and oxygen atoms in total. The Balaban J connectivity index is 0.00000176. The summed E-state index contributed by atoms with van der Waals surface area (Å²) in [5.41, 5.74) is 0.565. The minimum atomic E-state index is -0.456. The zero-order valence-electron chi connectivity index (χ0n) is 13.0. The Morgan fingerprint density at radius 1 is 1.32 bits per heavy atom. The van der Waals surface area contributed by atoms with Crippen LogP contribution in [0.4, 0.5) is 0 Å². The van der Waals surface area contributed by atoms with Crippen LogP contribution in [0.3, 0.4) is 0 Å². The van der Waals surface area contributed by atoms with E-state index in [1.807, 2.05) is 32.0 Å². The molecule has 0 saturated carbocycles. The predicted octanol–water partition coefficient (Wildman–Crippen LogP) is 2.55. The van der Waals surface area contributed by atoms with Gasteiger partial charge in [0.2, 0.25) is 12.7 Å². The van der Waals surface area contributed by atoms with Crippen molar-refractivity contribution in [3.8, 4) is 11.5 Å². The Labute approximate surface area is 137 Å². The van der Waals surface area contributed by atoms with Gasteiger partial charge in [-0.3, -0.25) is 4.79 Å². The first-order valence-corrected chi connectivity index (χ1v) is 7.54. The highest BCUT2D eigenvalue weighted by molar-refractivity contribution is 5.86. The van der Waals surface area contributed by atoms with Crippen LogP contribution < -0.4 is 20.1 Å². The molecule has 3 rings (SSSR count). The Morgan fingerprint density at radius 3 is 2.82 bits per heavy atom. The van der Waals surface area contributed by atoms with Crippen LogP contribution in [0.25, 0.3) is 0 Å². The monoisotopic (exact) mass is 326 g/mol. The number of carbonyl (C=O) groups excluding carboxylic acids is 1. The molecule has 2 heterocycles. The smallest absolute Gasteiger partial charge is 0.240 e. The summed E-state index contributed by atoms with van der Waals surface area (Å²) in [5.74, 6) is 1.57. The number of carbonyl (C=O) groups is 1. The summed E-state index contributed by atoms with van der Waals surface area (Å²) in [6, 6.07) is 5.73. The normalized spacial score (nSPS) is 24.3. The van der Waals surface area contributed by atoms with Gasteiger partial charge in [0.25, 0.3) is 0 Å². The summed E-state index contributed by atoms with van der Waals surface area (Å²) >= 11 is 0. The molecule has 0 bridgehead atoms. The third kappa shape index (κ3) is 3.31. The van der Waals surface area contributed by atoms with Crippen molar-refractivity contribution in [2.75, 3.05) is 13.3 Å². The van der Waals surface area contributed by atoms with Gasteiger partial charge >= 0.3 is 0 Å². The van der Waals surface area contributed by atoms with E-state index in [1.54, 1.807) is 0 Å². The van der Waals surface area contributed by atoms with E-state index in [4.69, 9.17) is 9.47 Å². The van der Waals surface area contributed by atoms with Crippen molar-refractivity contribution in [1.82, 2.24) is 10.6 Å². The van der Waals surface area contributed by atoms with Gasteiger partial charge in [0.1, 0.15) is 0 Å². The molecule has 1 aromatic carbocycles. The average molecular weight is 327 g/mol. The number of hydrogen-bond acceptors (Lipinski definition) is 4. The largest absolute Gasteiger partial charge is 0.454 e. The Hall–Kier alpha value is -1.46. The molecule has 1 aromatic rings. The number of halogens is 1. The summed E-state index contributed by atoms with van der Waals surface area (Å²) < 4.78 is 10.7. The SMILES string of the molecule is CC(NC(=O)C1(C)CCCCN1)c1ccc2c(c1)OCO2.Cl. The van der Waals surface area contributed by atoms with Crippen molar-refractivity contribution in [3.63, 3.8) is 0 Å². The lowest BCUT2D eigenvalue weighted by Crippen LogP contribution is -2.57. The highest BCUT2D eigenvalue weighted by Gasteiger charge is 2.34. The van der Waals surface area contributed by atoms with Crippen molar-refractivity contribution in [3.05, 3.63) is 23.8 Å². The first kappa shape index (κ1) is 16.9. The first-order chi connectivity index (χ1) is 10.1. The summed E-state index contributed by atoms with van der Waals surface area (Å²) in [7, 11) is 0. The summed E-state index contributed by atoms with van der Waals surface area (Å²) in [6.45, 7) is 5.14. The highest BCUT2D eigenvalue weighted by Crippen LogP contribution is 2.34. The van der Waals surface area contributed by atoms with E-state index in [-0.39, 0.29) is 31.1 Å². The standard InChI is InChI=1S/C16H22N2O3.ClH/c1-11(12-5-6-13-14(9-12)21-10-20-13)18-15(19)16(2)7-3-4-8-17-16;/h5-6,9,11,17H,3-4,7-8,10H2,1-2H3,(H,18,19);1H. The lowest BCUT2D eigenvalue weighted by atomic mass is 9.89. The third-order valence-corrected chi connectivity index (χ3v) is 4.36. The first-order valence-electron chi connectivity index (χ1n) is 7.54. The lowest BCUT2D eigenvalue weighted by Gasteiger charge is -2.34. The quantitative estimate of drug-likeness (QED) is 0.896. The van der Waals surface area contributed by atoms with Crippen molar-refractivity contribution in [2.45, 2.75) is 44.7 Å². The molecule has 22 heavy (non-hydrogen) atoms. The van der Waals surface area contributed by atoms with Gasteiger partial charge in [-0.1, -0.05) is 6.07 Å². The number of nitrogens with one attached hydrogen (secondary N) is 2. The van der Waals surface area contributed by atoms with Crippen LogP contribution in [-0.4, -0.2) is 24.8 Å². The predicted molar refractivity (Wildman–Crippen MR) is 86.6 cm³/mol. The molecule has 2 N–H and O–H groups in total. The van der Waals surface area contributed by atoms with Crippen LogP contribution in [0.5, 0.6) is 11.5 Å². The molecule has 122 valence electrons. The molecular weight excluding hydrogens is 304 g/mol. The summed E-state index contributed by atoms with van der Waals surface area (Å²) in [4.78, 5) is 12.5. The second-order valence-electron chi connectivity index (χ2n) is 6.02. The second kappa shape index (κ2) is 6.75. The summed E-state index contributed by atoms with van der Waals surface area (Å²) in [6.07, 6.45) is 3.11.